The molecule has 0 saturated carbocycles. The third-order valence-electron chi connectivity index (χ3n) is 5.25. The maximum atomic E-state index is 13.5. The molecular weight excluding hydrogens is 462 g/mol. The molecular formula is C24H32ClN3O4S. The van der Waals surface area contributed by atoms with E-state index in [2.05, 4.69) is 5.32 Å². The van der Waals surface area contributed by atoms with Gasteiger partial charge in [-0.2, -0.15) is 0 Å². The molecule has 0 fully saturated rings. The van der Waals surface area contributed by atoms with Gasteiger partial charge in [-0.05, 0) is 43.0 Å². The Morgan fingerprint density at radius 3 is 2.21 bits per heavy atom. The Balaban J connectivity index is 2.39. The van der Waals surface area contributed by atoms with Crippen molar-refractivity contribution in [2.75, 3.05) is 23.7 Å². The second kappa shape index (κ2) is 11.5. The average Bonchev–Trinajstić information content (AvgIpc) is 2.74. The molecule has 0 saturated heterocycles. The molecule has 0 aliphatic heterocycles. The van der Waals surface area contributed by atoms with E-state index in [-0.39, 0.29) is 29.1 Å². The number of hydrogen-bond acceptors (Lipinski definition) is 4. The summed E-state index contributed by atoms with van der Waals surface area (Å²) in [4.78, 5) is 27.7. The second-order valence-electron chi connectivity index (χ2n) is 8.48. The summed E-state index contributed by atoms with van der Waals surface area (Å²) < 4.78 is 26.1. The van der Waals surface area contributed by atoms with Crippen LogP contribution in [0.15, 0.2) is 48.5 Å². The molecule has 2 rings (SSSR count). The first-order chi connectivity index (χ1) is 15.4. The van der Waals surface area contributed by atoms with Gasteiger partial charge in [-0.15, -0.1) is 0 Å². The first kappa shape index (κ1) is 26.7. The van der Waals surface area contributed by atoms with E-state index in [1.54, 1.807) is 31.2 Å². The van der Waals surface area contributed by atoms with Gasteiger partial charge in [0.1, 0.15) is 12.6 Å². The minimum Gasteiger partial charge on any atom is -0.354 e. The van der Waals surface area contributed by atoms with Gasteiger partial charge in [0.05, 0.1) is 17.0 Å². The van der Waals surface area contributed by atoms with Crippen LogP contribution in [0.5, 0.6) is 0 Å². The number of hydrogen-bond donors (Lipinski definition) is 1. The summed E-state index contributed by atoms with van der Waals surface area (Å²) in [5.41, 5.74) is 2.05. The highest BCUT2D eigenvalue weighted by Gasteiger charge is 2.30. The van der Waals surface area contributed by atoms with Crippen molar-refractivity contribution in [3.05, 3.63) is 64.7 Å². The minimum atomic E-state index is -3.82. The first-order valence-electron chi connectivity index (χ1n) is 10.8. The maximum absolute atomic E-state index is 13.5. The summed E-state index contributed by atoms with van der Waals surface area (Å²) in [6.07, 6.45) is 1.02. The van der Waals surface area contributed by atoms with E-state index in [0.29, 0.717) is 6.54 Å². The fourth-order valence-electron chi connectivity index (χ4n) is 3.25. The lowest BCUT2D eigenvalue weighted by Crippen LogP contribution is -2.51. The number of rotatable bonds is 10. The van der Waals surface area contributed by atoms with Gasteiger partial charge in [0.15, 0.2) is 0 Å². The zero-order valence-corrected chi connectivity index (χ0v) is 21.3. The Morgan fingerprint density at radius 1 is 1.03 bits per heavy atom. The number of para-hydroxylation sites is 1. The topological polar surface area (TPSA) is 86.8 Å². The van der Waals surface area contributed by atoms with E-state index in [0.717, 1.165) is 21.7 Å². The van der Waals surface area contributed by atoms with E-state index in [1.165, 1.54) is 4.90 Å². The van der Waals surface area contributed by atoms with Crippen molar-refractivity contribution >= 4 is 39.1 Å². The molecule has 33 heavy (non-hydrogen) atoms. The number of benzene rings is 2. The number of nitrogens with zero attached hydrogens (tertiary/aromatic N) is 2. The lowest BCUT2D eigenvalue weighted by atomic mass is 10.1. The van der Waals surface area contributed by atoms with Crippen LogP contribution in [-0.4, -0.2) is 50.5 Å². The minimum absolute atomic E-state index is 0.169. The van der Waals surface area contributed by atoms with Crippen molar-refractivity contribution in [2.24, 2.45) is 5.92 Å². The van der Waals surface area contributed by atoms with Gasteiger partial charge in [0.2, 0.25) is 21.8 Å². The summed E-state index contributed by atoms with van der Waals surface area (Å²) >= 11 is 6.23. The number of carbonyl (C=O) groups excluding carboxylic acids is 2. The maximum Gasteiger partial charge on any atom is 0.244 e. The molecule has 2 aromatic rings. The number of anilines is 1. The Bertz CT molecular complexity index is 1090. The molecule has 2 aromatic carbocycles. The van der Waals surface area contributed by atoms with Crippen molar-refractivity contribution < 1.29 is 18.0 Å². The highest BCUT2D eigenvalue weighted by atomic mass is 35.5. The molecule has 1 N–H and O–H groups in total. The predicted octanol–water partition coefficient (Wildman–Crippen LogP) is 3.60. The van der Waals surface area contributed by atoms with Crippen LogP contribution in [0.3, 0.4) is 0 Å². The van der Waals surface area contributed by atoms with Crippen molar-refractivity contribution in [3.63, 3.8) is 0 Å². The molecule has 7 nitrogen and oxygen atoms in total. The van der Waals surface area contributed by atoms with Gasteiger partial charge in [0.25, 0.3) is 0 Å². The lowest BCUT2D eigenvalue weighted by Gasteiger charge is -2.32. The smallest absolute Gasteiger partial charge is 0.244 e. The van der Waals surface area contributed by atoms with Crippen molar-refractivity contribution in [2.45, 2.75) is 40.3 Å². The third-order valence-corrected chi connectivity index (χ3v) is 6.70. The SMILES string of the molecule is Cc1ccccc1CN(C(=O)CN(c1ccccc1Cl)S(C)(=O)=O)[C@H](C)C(=O)NCC(C)C. The van der Waals surface area contributed by atoms with E-state index < -0.39 is 28.5 Å². The quantitative estimate of drug-likeness (QED) is 0.547. The molecule has 0 heterocycles. The predicted molar refractivity (Wildman–Crippen MR) is 133 cm³/mol. The van der Waals surface area contributed by atoms with Gasteiger partial charge >= 0.3 is 0 Å². The zero-order valence-electron chi connectivity index (χ0n) is 19.7. The fraction of sp³-hybridized carbons (Fsp3) is 0.417. The van der Waals surface area contributed by atoms with E-state index >= 15 is 0 Å². The summed E-state index contributed by atoms with van der Waals surface area (Å²) in [7, 11) is -3.82. The van der Waals surface area contributed by atoms with Crippen LogP contribution in [0.2, 0.25) is 5.02 Å². The Morgan fingerprint density at radius 2 is 1.64 bits per heavy atom. The largest absolute Gasteiger partial charge is 0.354 e. The monoisotopic (exact) mass is 493 g/mol. The van der Waals surface area contributed by atoms with Crippen LogP contribution >= 0.6 is 11.6 Å². The number of amides is 2. The molecule has 0 unspecified atom stereocenters. The molecule has 0 aliphatic carbocycles. The fourth-order valence-corrected chi connectivity index (χ4v) is 4.40. The standard InChI is InChI=1S/C24H32ClN3O4S/c1-17(2)14-26-24(30)19(4)27(15-20-11-7-6-10-18(20)3)23(29)16-28(33(5,31)32)22-13-9-8-12-21(22)25/h6-13,17,19H,14-16H2,1-5H3,(H,26,30)/t19-/m1/s1. The van der Waals surface area contributed by atoms with Gasteiger partial charge in [-0.1, -0.05) is 61.8 Å². The van der Waals surface area contributed by atoms with Crippen molar-refractivity contribution in [1.82, 2.24) is 10.2 Å². The molecule has 0 aromatic heterocycles. The molecule has 0 bridgehead atoms. The Labute approximate surface area is 201 Å². The normalized spacial score (nSPS) is 12.3. The van der Waals surface area contributed by atoms with Crippen LogP contribution in [0.4, 0.5) is 5.69 Å². The summed E-state index contributed by atoms with van der Waals surface area (Å²) in [6, 6.07) is 13.2. The summed E-state index contributed by atoms with van der Waals surface area (Å²) in [5, 5.41) is 3.07. The van der Waals surface area contributed by atoms with Gasteiger partial charge in [-0.3, -0.25) is 13.9 Å². The highest BCUT2D eigenvalue weighted by Crippen LogP contribution is 2.27. The first-order valence-corrected chi connectivity index (χ1v) is 13.0. The molecule has 1 atom stereocenters. The van der Waals surface area contributed by atoms with Crippen LogP contribution in [0.1, 0.15) is 31.9 Å². The van der Waals surface area contributed by atoms with Crippen molar-refractivity contribution in [3.8, 4) is 0 Å². The molecule has 2 amide bonds. The lowest BCUT2D eigenvalue weighted by molar-refractivity contribution is -0.139. The Hall–Kier alpha value is -2.58. The van der Waals surface area contributed by atoms with Crippen LogP contribution < -0.4 is 9.62 Å². The third kappa shape index (κ3) is 7.47. The molecule has 9 heteroatoms. The average molecular weight is 494 g/mol. The summed E-state index contributed by atoms with van der Waals surface area (Å²) in [6.45, 7) is 7.70. The van der Waals surface area contributed by atoms with Crippen LogP contribution in [0, 0.1) is 12.8 Å². The number of nitrogens with one attached hydrogen (secondary N) is 1. The molecule has 0 spiro atoms. The van der Waals surface area contributed by atoms with E-state index in [1.807, 2.05) is 45.0 Å². The Kier molecular flexibility index (Phi) is 9.31. The molecule has 0 aliphatic rings. The van der Waals surface area contributed by atoms with E-state index in [9.17, 15) is 18.0 Å². The van der Waals surface area contributed by atoms with Crippen molar-refractivity contribution in [1.29, 1.82) is 0 Å². The number of sulfonamides is 1. The molecule has 180 valence electrons. The highest BCUT2D eigenvalue weighted by molar-refractivity contribution is 7.92. The van der Waals surface area contributed by atoms with Gasteiger partial charge in [0, 0.05) is 13.1 Å². The zero-order chi connectivity index (χ0) is 24.8. The second-order valence-corrected chi connectivity index (χ2v) is 10.8. The summed E-state index contributed by atoms with van der Waals surface area (Å²) in [5.74, 6) is -0.548. The van der Waals surface area contributed by atoms with Gasteiger partial charge < -0.3 is 10.2 Å². The molecule has 0 radical (unpaired) electrons. The van der Waals surface area contributed by atoms with Gasteiger partial charge in [-0.25, -0.2) is 8.42 Å². The van der Waals surface area contributed by atoms with E-state index in [4.69, 9.17) is 11.6 Å². The van der Waals surface area contributed by atoms with Crippen LogP contribution in [-0.2, 0) is 26.2 Å². The van der Waals surface area contributed by atoms with Crippen LogP contribution in [0.25, 0.3) is 0 Å². The number of halogens is 1. The number of carbonyl (C=O) groups is 2. The number of aryl methyl sites for hydroxylation is 1.